The number of aryl methyl sites for hydroxylation is 1. The number of aliphatic imine (C=N–C) groups is 1. The van der Waals surface area contributed by atoms with Crippen molar-refractivity contribution in [2.75, 3.05) is 31.8 Å². The molecule has 13 heteroatoms. The lowest BCUT2D eigenvalue weighted by Crippen LogP contribution is -2.39. The summed E-state index contributed by atoms with van der Waals surface area (Å²) >= 11 is 3.53. The van der Waals surface area contributed by atoms with E-state index in [9.17, 15) is 14.7 Å². The van der Waals surface area contributed by atoms with E-state index < -0.39 is 24.8 Å². The number of carbonyl (C=O) groups excluding carboxylic acids is 2. The second-order valence-corrected chi connectivity index (χ2v) is 9.15. The molecule has 3 aromatic rings. The average Bonchev–Trinajstić information content (AvgIpc) is 3.62. The van der Waals surface area contributed by atoms with Gasteiger partial charge in [0, 0.05) is 31.5 Å². The Labute approximate surface area is 215 Å². The fourth-order valence-corrected chi connectivity index (χ4v) is 4.67. The molecule has 0 aliphatic carbocycles. The Morgan fingerprint density at radius 3 is 2.89 bits per heavy atom. The lowest BCUT2D eigenvalue weighted by molar-refractivity contribution is -0.160. The normalized spacial score (nSPS) is 15.0. The highest BCUT2D eigenvalue weighted by molar-refractivity contribution is 9.10. The van der Waals surface area contributed by atoms with Gasteiger partial charge in [-0.25, -0.2) is 19.7 Å². The average molecular weight is 562 g/mol. The smallest absolute Gasteiger partial charge is 0.419 e. The van der Waals surface area contributed by atoms with Crippen LogP contribution in [0.4, 0.5) is 10.5 Å². The van der Waals surface area contributed by atoms with Crippen molar-refractivity contribution in [2.24, 2.45) is 23.9 Å². The van der Waals surface area contributed by atoms with E-state index in [-0.39, 0.29) is 12.5 Å². The van der Waals surface area contributed by atoms with Crippen molar-refractivity contribution >= 4 is 50.7 Å². The third kappa shape index (κ3) is 5.51. The van der Waals surface area contributed by atoms with Crippen molar-refractivity contribution in [3.8, 4) is 0 Å². The predicted octanol–water partition coefficient (Wildman–Crippen LogP) is 2.66. The number of aliphatic hydroxyl groups excluding tert-OH is 1. The zero-order valence-corrected chi connectivity index (χ0v) is 21.6. The largest absolute Gasteiger partial charge is 0.428 e. The van der Waals surface area contributed by atoms with Gasteiger partial charge in [-0.3, -0.25) is 9.79 Å². The third-order valence-electron chi connectivity index (χ3n) is 6.16. The molecule has 0 fully saturated rings. The highest BCUT2D eigenvalue weighted by Crippen LogP contribution is 2.30. The first-order chi connectivity index (χ1) is 17.4. The zero-order valence-electron chi connectivity index (χ0n) is 20.0. The first kappa shape index (κ1) is 25.6. The van der Waals surface area contributed by atoms with Gasteiger partial charge in [-0.2, -0.15) is 0 Å². The fourth-order valence-electron chi connectivity index (χ4n) is 4.12. The molecule has 2 atom stereocenters. The minimum Gasteiger partial charge on any atom is -0.428 e. The number of nitrogens with zero attached hydrogens (tertiary/aromatic N) is 5. The van der Waals surface area contributed by atoms with Gasteiger partial charge in [0.25, 0.3) is 0 Å². The lowest BCUT2D eigenvalue weighted by atomic mass is 9.87. The summed E-state index contributed by atoms with van der Waals surface area (Å²) in [5, 5.41) is 13.0. The molecule has 0 saturated heterocycles. The second-order valence-electron chi connectivity index (χ2n) is 8.36. The van der Waals surface area contributed by atoms with Crippen LogP contribution >= 0.6 is 15.9 Å². The molecule has 0 spiro atoms. The number of fused-ring (bicyclic) bond motifs is 1. The molecule has 1 unspecified atom stereocenters. The van der Waals surface area contributed by atoms with E-state index in [1.165, 1.54) is 4.90 Å². The molecular formula is C23H28BrN7O5. The van der Waals surface area contributed by atoms with Gasteiger partial charge in [0.2, 0.25) is 12.8 Å². The first-order valence-corrected chi connectivity index (χ1v) is 12.3. The van der Waals surface area contributed by atoms with Crippen molar-refractivity contribution in [1.82, 2.24) is 24.4 Å². The molecule has 1 aliphatic rings. The van der Waals surface area contributed by atoms with E-state index in [2.05, 4.69) is 41.2 Å². The second kappa shape index (κ2) is 11.5. The maximum absolute atomic E-state index is 12.7. The van der Waals surface area contributed by atoms with Crippen molar-refractivity contribution in [1.29, 1.82) is 0 Å². The van der Waals surface area contributed by atoms with Gasteiger partial charge in [-0.1, -0.05) is 6.92 Å². The van der Waals surface area contributed by atoms with Gasteiger partial charge < -0.3 is 29.4 Å². The number of anilines is 1. The van der Waals surface area contributed by atoms with E-state index in [0.29, 0.717) is 37.6 Å². The number of aromatic nitrogens is 4. The predicted molar refractivity (Wildman–Crippen MR) is 135 cm³/mol. The summed E-state index contributed by atoms with van der Waals surface area (Å²) in [4.78, 5) is 42.4. The Bertz CT molecular complexity index is 1260. The molecule has 1 aromatic carbocycles. The number of H-pyrrole nitrogens is 1. The number of esters is 1. The number of aromatic amines is 1. The molecule has 0 saturated carbocycles. The van der Waals surface area contributed by atoms with E-state index in [1.807, 2.05) is 30.7 Å². The maximum Gasteiger partial charge on any atom is 0.419 e. The summed E-state index contributed by atoms with van der Waals surface area (Å²) in [6.45, 7) is 1.86. The Morgan fingerprint density at radius 1 is 1.33 bits per heavy atom. The van der Waals surface area contributed by atoms with Crippen LogP contribution in [0.15, 0.2) is 40.4 Å². The van der Waals surface area contributed by atoms with Crippen LogP contribution in [0.3, 0.4) is 0 Å². The number of hydrogen-bond acceptors (Lipinski definition) is 9. The minimum atomic E-state index is -0.690. The quantitative estimate of drug-likeness (QED) is 0.267. The van der Waals surface area contributed by atoms with Crippen molar-refractivity contribution in [3.05, 3.63) is 41.2 Å². The van der Waals surface area contributed by atoms with Crippen LogP contribution < -0.4 is 5.32 Å². The number of guanidine groups is 1. The summed E-state index contributed by atoms with van der Waals surface area (Å²) in [5.41, 5.74) is 3.20. The first-order valence-electron chi connectivity index (χ1n) is 11.5. The highest BCUT2D eigenvalue weighted by Gasteiger charge is 2.30. The molecule has 0 radical (unpaired) electrons. The van der Waals surface area contributed by atoms with Gasteiger partial charge in [-0.15, -0.1) is 0 Å². The van der Waals surface area contributed by atoms with E-state index >= 15 is 0 Å². The number of benzene rings is 1. The summed E-state index contributed by atoms with van der Waals surface area (Å²) in [6.07, 6.45) is 5.22. The molecule has 4 rings (SSSR count). The summed E-state index contributed by atoms with van der Waals surface area (Å²) in [6, 6.07) is 3.70. The van der Waals surface area contributed by atoms with Gasteiger partial charge in [-0.05, 0) is 40.9 Å². The molecule has 2 aromatic heterocycles. The summed E-state index contributed by atoms with van der Waals surface area (Å²) in [5.74, 6) is -1.11. The molecule has 12 nitrogen and oxygen atoms in total. The van der Waals surface area contributed by atoms with Crippen LogP contribution in [0, 0.1) is 11.8 Å². The third-order valence-corrected chi connectivity index (χ3v) is 6.96. The zero-order chi connectivity index (χ0) is 25.7. The summed E-state index contributed by atoms with van der Waals surface area (Å²) < 4.78 is 13.0. The molecule has 36 heavy (non-hydrogen) atoms. The number of amides is 1. The summed E-state index contributed by atoms with van der Waals surface area (Å²) in [7, 11) is 1.86. The van der Waals surface area contributed by atoms with Gasteiger partial charge in [0.15, 0.2) is 0 Å². The standard InChI is InChI=1S/C23H28BrN7O5/c1-3-16(14(10-32)8-15-9-25-12-30(15)2)21(33)35-13-36-23(34)31-7-6-26-22(31)29-17-4-5-18-20(19(17)24)28-11-27-18/h4-5,9,11-12,14,16,32H,3,6-8,10,13H2,1-2H3,(H,26,29)(H,27,28)/t14?,16-/m0/s1. The monoisotopic (exact) mass is 561 g/mol. The van der Waals surface area contributed by atoms with E-state index in [1.54, 1.807) is 18.9 Å². The number of carbonyl (C=O) groups is 2. The van der Waals surface area contributed by atoms with Gasteiger partial charge in [0.05, 0.1) is 47.3 Å². The Kier molecular flexibility index (Phi) is 8.21. The van der Waals surface area contributed by atoms with Crippen LogP contribution in [0.25, 0.3) is 11.0 Å². The molecule has 3 N–H and O–H groups in total. The van der Waals surface area contributed by atoms with Crippen LogP contribution in [0.1, 0.15) is 19.0 Å². The number of rotatable bonds is 9. The minimum absolute atomic E-state index is 0.183. The van der Waals surface area contributed by atoms with Gasteiger partial charge >= 0.3 is 12.1 Å². The van der Waals surface area contributed by atoms with Crippen molar-refractivity contribution in [3.63, 3.8) is 0 Å². The van der Waals surface area contributed by atoms with Crippen LogP contribution in [0.2, 0.25) is 0 Å². The number of hydrogen-bond donors (Lipinski definition) is 3. The Morgan fingerprint density at radius 2 is 2.17 bits per heavy atom. The molecule has 192 valence electrons. The van der Waals surface area contributed by atoms with E-state index in [4.69, 9.17) is 9.47 Å². The molecule has 1 amide bonds. The lowest BCUT2D eigenvalue weighted by Gasteiger charge is -2.23. The Hall–Kier alpha value is -3.45. The number of ether oxygens (including phenoxy) is 2. The fraction of sp³-hybridized carbons (Fsp3) is 0.435. The maximum atomic E-state index is 12.7. The van der Waals surface area contributed by atoms with E-state index in [0.717, 1.165) is 21.2 Å². The number of halogens is 1. The molecule has 3 heterocycles. The number of aliphatic hydroxyl groups is 1. The number of imidazole rings is 2. The molecule has 1 aliphatic heterocycles. The van der Waals surface area contributed by atoms with Crippen LogP contribution in [-0.2, 0) is 27.7 Å². The molecular weight excluding hydrogens is 534 g/mol. The van der Waals surface area contributed by atoms with Crippen molar-refractivity contribution in [2.45, 2.75) is 19.8 Å². The SMILES string of the molecule is CC[C@H](C(=O)OCOC(=O)N1CCN=C1Nc1ccc2[nH]cnc2c1Br)C(CO)Cc1cncn1C. The van der Waals surface area contributed by atoms with Crippen molar-refractivity contribution < 1.29 is 24.2 Å². The number of nitrogens with one attached hydrogen (secondary N) is 2. The molecule has 0 bridgehead atoms. The van der Waals surface area contributed by atoms with Crippen LogP contribution in [-0.4, -0.2) is 74.0 Å². The van der Waals surface area contributed by atoms with Gasteiger partial charge in [0.1, 0.15) is 5.52 Å². The van der Waals surface area contributed by atoms with Crippen LogP contribution in [0.5, 0.6) is 0 Å². The Balaban J connectivity index is 1.31. The topological polar surface area (TPSA) is 147 Å². The highest BCUT2D eigenvalue weighted by atomic mass is 79.9.